The summed E-state index contributed by atoms with van der Waals surface area (Å²) in [4.78, 5) is 2.48. The van der Waals surface area contributed by atoms with Crippen molar-refractivity contribution in [2.45, 2.75) is 38.3 Å². The van der Waals surface area contributed by atoms with Crippen LogP contribution < -0.4 is 5.32 Å². The molecule has 0 saturated carbocycles. The summed E-state index contributed by atoms with van der Waals surface area (Å²) < 4.78 is 18.5. The topological polar surface area (TPSA) is 24.5 Å². The second-order valence-electron chi connectivity index (χ2n) is 5.75. The van der Waals surface area contributed by atoms with Crippen LogP contribution >= 0.6 is 0 Å². The lowest BCUT2D eigenvalue weighted by atomic mass is 10.0. The van der Waals surface area contributed by atoms with E-state index in [9.17, 15) is 4.39 Å². The van der Waals surface area contributed by atoms with E-state index in [1.165, 1.54) is 18.4 Å². The average Bonchev–Trinajstić information content (AvgIpc) is 2.52. The van der Waals surface area contributed by atoms with Gasteiger partial charge in [0.1, 0.15) is 5.82 Å². The number of nitrogens with zero attached hydrogens (tertiary/aromatic N) is 1. The number of nitrogens with one attached hydrogen (secondary N) is 1. The monoisotopic (exact) mass is 294 g/mol. The fourth-order valence-electron chi connectivity index (χ4n) is 3.05. The molecule has 3 nitrogen and oxygen atoms in total. The van der Waals surface area contributed by atoms with E-state index in [0.717, 1.165) is 32.6 Å². The predicted octanol–water partition coefficient (Wildman–Crippen LogP) is 2.98. The number of halogens is 1. The van der Waals surface area contributed by atoms with Gasteiger partial charge in [0.15, 0.2) is 0 Å². The van der Waals surface area contributed by atoms with Crippen LogP contribution in [-0.2, 0) is 4.74 Å². The van der Waals surface area contributed by atoms with Crippen molar-refractivity contribution in [1.82, 2.24) is 10.2 Å². The molecule has 0 amide bonds. The number of benzene rings is 1. The normalized spacial score (nSPS) is 21.4. The lowest BCUT2D eigenvalue weighted by Crippen LogP contribution is -2.40. The summed E-state index contributed by atoms with van der Waals surface area (Å²) in [5, 5.41) is 3.50. The molecule has 2 unspecified atom stereocenters. The molecule has 0 aromatic heterocycles. The molecule has 1 heterocycles. The zero-order valence-corrected chi connectivity index (χ0v) is 13.1. The minimum Gasteiger partial charge on any atom is -0.380 e. The van der Waals surface area contributed by atoms with Gasteiger partial charge in [-0.15, -0.1) is 0 Å². The van der Waals surface area contributed by atoms with Crippen molar-refractivity contribution in [3.8, 4) is 0 Å². The summed E-state index contributed by atoms with van der Waals surface area (Å²) in [7, 11) is 1.80. The van der Waals surface area contributed by atoms with Crippen molar-refractivity contribution in [3.05, 3.63) is 35.6 Å². The van der Waals surface area contributed by atoms with Crippen LogP contribution in [0.15, 0.2) is 24.3 Å². The van der Waals surface area contributed by atoms with E-state index in [1.54, 1.807) is 19.2 Å². The van der Waals surface area contributed by atoms with Gasteiger partial charge in [0.2, 0.25) is 0 Å². The molecule has 1 aliphatic heterocycles. The first-order valence-electron chi connectivity index (χ1n) is 7.97. The molecule has 1 N–H and O–H groups in total. The molecular formula is C17H27FN2O. The Morgan fingerprint density at radius 2 is 2.14 bits per heavy atom. The number of rotatable bonds is 7. The molecule has 0 bridgehead atoms. The van der Waals surface area contributed by atoms with E-state index in [2.05, 4.69) is 17.1 Å². The Morgan fingerprint density at radius 1 is 1.38 bits per heavy atom. The molecule has 1 aliphatic rings. The van der Waals surface area contributed by atoms with E-state index in [0.29, 0.717) is 12.1 Å². The first-order chi connectivity index (χ1) is 10.2. The van der Waals surface area contributed by atoms with Crippen LogP contribution in [0.4, 0.5) is 4.39 Å². The highest BCUT2D eigenvalue weighted by atomic mass is 19.1. The zero-order chi connectivity index (χ0) is 15.1. The lowest BCUT2D eigenvalue weighted by molar-refractivity contribution is 0.0301. The van der Waals surface area contributed by atoms with Crippen LogP contribution in [-0.4, -0.2) is 44.3 Å². The third kappa shape index (κ3) is 5.06. The number of piperidine rings is 1. The van der Waals surface area contributed by atoms with Gasteiger partial charge in [-0.25, -0.2) is 4.39 Å². The van der Waals surface area contributed by atoms with Crippen LogP contribution in [0.25, 0.3) is 0 Å². The highest BCUT2D eigenvalue weighted by Crippen LogP contribution is 2.20. The second-order valence-corrected chi connectivity index (χ2v) is 5.75. The summed E-state index contributed by atoms with van der Waals surface area (Å²) in [6.45, 7) is 6.26. The number of methoxy groups -OCH3 is 1. The van der Waals surface area contributed by atoms with Gasteiger partial charge in [-0.2, -0.15) is 0 Å². The van der Waals surface area contributed by atoms with E-state index >= 15 is 0 Å². The minimum absolute atomic E-state index is 0.173. The number of ether oxygens (including phenoxy) is 1. The van der Waals surface area contributed by atoms with Gasteiger partial charge < -0.3 is 15.0 Å². The summed E-state index contributed by atoms with van der Waals surface area (Å²) in [6, 6.07) is 7.15. The predicted molar refractivity (Wildman–Crippen MR) is 83.9 cm³/mol. The van der Waals surface area contributed by atoms with Gasteiger partial charge in [0.05, 0.1) is 6.10 Å². The Labute approximate surface area is 127 Å². The second kappa shape index (κ2) is 8.47. The van der Waals surface area contributed by atoms with Gasteiger partial charge in [-0.3, -0.25) is 0 Å². The Balaban J connectivity index is 1.89. The molecule has 0 spiro atoms. The van der Waals surface area contributed by atoms with Crippen LogP contribution in [0.2, 0.25) is 0 Å². The zero-order valence-electron chi connectivity index (χ0n) is 13.1. The summed E-state index contributed by atoms with van der Waals surface area (Å²) in [6.07, 6.45) is 3.79. The van der Waals surface area contributed by atoms with E-state index in [-0.39, 0.29) is 5.82 Å². The highest BCUT2D eigenvalue weighted by Gasteiger charge is 2.20. The molecule has 2 atom stereocenters. The molecule has 0 aliphatic carbocycles. The Bertz CT molecular complexity index is 410. The van der Waals surface area contributed by atoms with Crippen molar-refractivity contribution >= 4 is 0 Å². The molecule has 4 heteroatoms. The van der Waals surface area contributed by atoms with Gasteiger partial charge in [0, 0.05) is 26.2 Å². The average molecular weight is 294 g/mol. The van der Waals surface area contributed by atoms with Gasteiger partial charge in [-0.1, -0.05) is 19.1 Å². The third-order valence-corrected chi connectivity index (χ3v) is 4.25. The van der Waals surface area contributed by atoms with Gasteiger partial charge >= 0.3 is 0 Å². The molecule has 21 heavy (non-hydrogen) atoms. The van der Waals surface area contributed by atoms with Gasteiger partial charge in [-0.05, 0) is 50.0 Å². The van der Waals surface area contributed by atoms with Crippen molar-refractivity contribution in [1.29, 1.82) is 0 Å². The first kappa shape index (κ1) is 16.4. The maximum atomic E-state index is 13.1. The van der Waals surface area contributed by atoms with Crippen LogP contribution in [0, 0.1) is 5.82 Å². The standard InChI is InChI=1S/C17H27FN2O/c1-3-19-17(14-6-8-15(18)9-7-14)10-12-20-11-4-5-16(13-20)21-2/h6-9,16-17,19H,3-5,10-13H2,1-2H3. The van der Waals surface area contributed by atoms with Crippen molar-refractivity contribution < 1.29 is 9.13 Å². The smallest absolute Gasteiger partial charge is 0.123 e. The molecule has 1 fully saturated rings. The fraction of sp³-hybridized carbons (Fsp3) is 0.647. The molecule has 0 radical (unpaired) electrons. The molecule has 1 aromatic carbocycles. The first-order valence-corrected chi connectivity index (χ1v) is 7.97. The Kier molecular flexibility index (Phi) is 6.61. The molecule has 118 valence electrons. The van der Waals surface area contributed by atoms with Crippen LogP contribution in [0.1, 0.15) is 37.8 Å². The fourth-order valence-corrected chi connectivity index (χ4v) is 3.05. The third-order valence-electron chi connectivity index (χ3n) is 4.25. The van der Waals surface area contributed by atoms with E-state index < -0.39 is 0 Å². The van der Waals surface area contributed by atoms with Crippen molar-refractivity contribution in [2.75, 3.05) is 33.3 Å². The SMILES string of the molecule is CCNC(CCN1CCCC(OC)C1)c1ccc(F)cc1. The maximum absolute atomic E-state index is 13.1. The van der Waals surface area contributed by atoms with Crippen molar-refractivity contribution in [2.24, 2.45) is 0 Å². The van der Waals surface area contributed by atoms with Crippen molar-refractivity contribution in [3.63, 3.8) is 0 Å². The maximum Gasteiger partial charge on any atom is 0.123 e. The largest absolute Gasteiger partial charge is 0.380 e. The van der Waals surface area contributed by atoms with Crippen LogP contribution in [0.5, 0.6) is 0 Å². The number of likely N-dealkylation sites (tertiary alicyclic amines) is 1. The van der Waals surface area contributed by atoms with E-state index in [1.807, 2.05) is 12.1 Å². The molecular weight excluding hydrogens is 267 g/mol. The molecule has 1 aromatic rings. The minimum atomic E-state index is -0.173. The number of hydrogen-bond acceptors (Lipinski definition) is 3. The van der Waals surface area contributed by atoms with Gasteiger partial charge in [0.25, 0.3) is 0 Å². The number of hydrogen-bond donors (Lipinski definition) is 1. The Morgan fingerprint density at radius 3 is 2.81 bits per heavy atom. The quantitative estimate of drug-likeness (QED) is 0.837. The lowest BCUT2D eigenvalue weighted by Gasteiger charge is -2.33. The molecule has 2 rings (SSSR count). The van der Waals surface area contributed by atoms with Crippen LogP contribution in [0.3, 0.4) is 0 Å². The van der Waals surface area contributed by atoms with E-state index in [4.69, 9.17) is 4.74 Å². The molecule has 1 saturated heterocycles. The Hall–Kier alpha value is -0.970. The summed E-state index contributed by atoms with van der Waals surface area (Å²) in [5.41, 5.74) is 1.17. The highest BCUT2D eigenvalue weighted by molar-refractivity contribution is 5.19. The summed E-state index contributed by atoms with van der Waals surface area (Å²) in [5.74, 6) is -0.173. The summed E-state index contributed by atoms with van der Waals surface area (Å²) >= 11 is 0.